The SMILES string of the molecule is CN(C)CCCNC(=O)c1cccc(F)n1. The summed E-state index contributed by atoms with van der Waals surface area (Å²) >= 11 is 0. The van der Waals surface area contributed by atoms with Crippen LogP contribution in [0.3, 0.4) is 0 Å². The first-order chi connectivity index (χ1) is 7.59. The van der Waals surface area contributed by atoms with Crippen LogP contribution < -0.4 is 5.32 Å². The summed E-state index contributed by atoms with van der Waals surface area (Å²) < 4.78 is 12.7. The molecule has 0 fully saturated rings. The second-order valence-corrected chi connectivity index (χ2v) is 3.76. The second-order valence-electron chi connectivity index (χ2n) is 3.76. The molecule has 1 aromatic heterocycles. The summed E-state index contributed by atoms with van der Waals surface area (Å²) in [4.78, 5) is 17.0. The fourth-order valence-electron chi connectivity index (χ4n) is 1.22. The van der Waals surface area contributed by atoms with Gasteiger partial charge in [-0.2, -0.15) is 4.39 Å². The largest absolute Gasteiger partial charge is 0.351 e. The van der Waals surface area contributed by atoms with Crippen LogP contribution in [-0.4, -0.2) is 43.0 Å². The zero-order valence-corrected chi connectivity index (χ0v) is 9.53. The lowest BCUT2D eigenvalue weighted by Crippen LogP contribution is -2.27. The molecule has 0 aliphatic heterocycles. The van der Waals surface area contributed by atoms with Crippen LogP contribution in [0.2, 0.25) is 0 Å². The standard InChI is InChI=1S/C11H16FN3O/c1-15(2)8-4-7-13-11(16)9-5-3-6-10(12)14-9/h3,5-6H,4,7-8H2,1-2H3,(H,13,16). The van der Waals surface area contributed by atoms with Crippen molar-refractivity contribution in [1.29, 1.82) is 0 Å². The van der Waals surface area contributed by atoms with Crippen molar-refractivity contribution in [1.82, 2.24) is 15.2 Å². The van der Waals surface area contributed by atoms with Gasteiger partial charge in [-0.3, -0.25) is 4.79 Å². The van der Waals surface area contributed by atoms with Gasteiger partial charge < -0.3 is 10.2 Å². The molecule has 1 amide bonds. The summed E-state index contributed by atoms with van der Waals surface area (Å²) in [6, 6.07) is 4.17. The number of pyridine rings is 1. The zero-order chi connectivity index (χ0) is 12.0. The maximum atomic E-state index is 12.7. The van der Waals surface area contributed by atoms with E-state index in [4.69, 9.17) is 0 Å². The maximum Gasteiger partial charge on any atom is 0.269 e. The van der Waals surface area contributed by atoms with Crippen molar-refractivity contribution in [2.45, 2.75) is 6.42 Å². The molecule has 5 heteroatoms. The van der Waals surface area contributed by atoms with Gasteiger partial charge in [0.25, 0.3) is 5.91 Å². The van der Waals surface area contributed by atoms with Crippen LogP contribution >= 0.6 is 0 Å². The third kappa shape index (κ3) is 4.35. The lowest BCUT2D eigenvalue weighted by Gasteiger charge is -2.09. The van der Waals surface area contributed by atoms with E-state index in [0.29, 0.717) is 6.54 Å². The van der Waals surface area contributed by atoms with Gasteiger partial charge in [-0.1, -0.05) is 6.07 Å². The van der Waals surface area contributed by atoms with E-state index >= 15 is 0 Å². The van der Waals surface area contributed by atoms with Crippen LogP contribution in [0.5, 0.6) is 0 Å². The summed E-state index contributed by atoms with van der Waals surface area (Å²) in [7, 11) is 3.94. The number of rotatable bonds is 5. The molecule has 1 rings (SSSR count). The third-order valence-corrected chi connectivity index (χ3v) is 2.02. The monoisotopic (exact) mass is 225 g/mol. The molecule has 16 heavy (non-hydrogen) atoms. The summed E-state index contributed by atoms with van der Waals surface area (Å²) in [5.41, 5.74) is 0.116. The van der Waals surface area contributed by atoms with Crippen molar-refractivity contribution >= 4 is 5.91 Å². The van der Waals surface area contributed by atoms with Gasteiger partial charge in [-0.15, -0.1) is 0 Å². The Kier molecular flexibility index (Phi) is 4.85. The fraction of sp³-hybridized carbons (Fsp3) is 0.455. The van der Waals surface area contributed by atoms with Crippen molar-refractivity contribution in [2.24, 2.45) is 0 Å². The molecule has 0 atom stereocenters. The van der Waals surface area contributed by atoms with Gasteiger partial charge in [0.15, 0.2) is 0 Å². The smallest absolute Gasteiger partial charge is 0.269 e. The summed E-state index contributed by atoms with van der Waals surface area (Å²) in [5.74, 6) is -0.973. The summed E-state index contributed by atoms with van der Waals surface area (Å²) in [6.45, 7) is 1.46. The highest BCUT2D eigenvalue weighted by Crippen LogP contribution is 1.97. The molecular weight excluding hydrogens is 209 g/mol. The molecule has 0 saturated carbocycles. The van der Waals surface area contributed by atoms with Crippen LogP contribution in [0.25, 0.3) is 0 Å². The first-order valence-corrected chi connectivity index (χ1v) is 5.15. The fourth-order valence-corrected chi connectivity index (χ4v) is 1.22. The average molecular weight is 225 g/mol. The van der Waals surface area contributed by atoms with Gasteiger partial charge in [0.1, 0.15) is 5.69 Å². The molecule has 0 aliphatic rings. The van der Waals surface area contributed by atoms with Crippen LogP contribution in [0, 0.1) is 5.95 Å². The Morgan fingerprint density at radius 3 is 2.88 bits per heavy atom. The van der Waals surface area contributed by atoms with Crippen LogP contribution in [0.4, 0.5) is 4.39 Å². The molecule has 0 aliphatic carbocycles. The number of carbonyl (C=O) groups excluding carboxylic acids is 1. The number of nitrogens with one attached hydrogen (secondary N) is 1. The lowest BCUT2D eigenvalue weighted by atomic mass is 10.3. The van der Waals surface area contributed by atoms with Crippen molar-refractivity contribution in [3.05, 3.63) is 29.8 Å². The van der Waals surface area contributed by atoms with E-state index in [-0.39, 0.29) is 11.6 Å². The predicted molar refractivity (Wildman–Crippen MR) is 59.7 cm³/mol. The number of halogens is 1. The van der Waals surface area contributed by atoms with Gasteiger partial charge in [0, 0.05) is 6.54 Å². The van der Waals surface area contributed by atoms with E-state index in [2.05, 4.69) is 10.3 Å². The second kappa shape index (κ2) is 6.17. The van der Waals surface area contributed by atoms with Crippen molar-refractivity contribution in [3.8, 4) is 0 Å². The molecular formula is C11H16FN3O. The quantitative estimate of drug-likeness (QED) is 0.598. The Labute approximate surface area is 94.5 Å². The van der Waals surface area contributed by atoms with E-state index in [9.17, 15) is 9.18 Å². The maximum absolute atomic E-state index is 12.7. The average Bonchev–Trinajstić information content (AvgIpc) is 2.24. The first kappa shape index (κ1) is 12.6. The topological polar surface area (TPSA) is 45.2 Å². The first-order valence-electron chi connectivity index (χ1n) is 5.15. The number of amides is 1. The van der Waals surface area contributed by atoms with E-state index in [0.717, 1.165) is 13.0 Å². The van der Waals surface area contributed by atoms with Crippen molar-refractivity contribution in [2.75, 3.05) is 27.2 Å². The minimum absolute atomic E-state index is 0.116. The highest BCUT2D eigenvalue weighted by atomic mass is 19.1. The normalized spacial score (nSPS) is 10.5. The van der Waals surface area contributed by atoms with Gasteiger partial charge in [0.2, 0.25) is 5.95 Å². The Bertz CT molecular complexity index is 355. The van der Waals surface area contributed by atoms with Gasteiger partial charge in [-0.05, 0) is 39.2 Å². The number of nitrogens with zero attached hydrogens (tertiary/aromatic N) is 2. The van der Waals surface area contributed by atoms with Crippen LogP contribution in [0.15, 0.2) is 18.2 Å². The number of carbonyl (C=O) groups is 1. The van der Waals surface area contributed by atoms with Gasteiger partial charge >= 0.3 is 0 Å². The van der Waals surface area contributed by atoms with E-state index < -0.39 is 5.95 Å². The summed E-state index contributed by atoms with van der Waals surface area (Å²) in [5, 5.41) is 2.69. The molecule has 0 bridgehead atoms. The number of hydrogen-bond acceptors (Lipinski definition) is 3. The molecule has 1 N–H and O–H groups in total. The Morgan fingerprint density at radius 2 is 2.25 bits per heavy atom. The van der Waals surface area contributed by atoms with E-state index in [1.165, 1.54) is 18.2 Å². The summed E-state index contributed by atoms with van der Waals surface area (Å²) in [6.07, 6.45) is 0.855. The minimum Gasteiger partial charge on any atom is -0.351 e. The molecule has 1 heterocycles. The van der Waals surface area contributed by atoms with E-state index in [1.807, 2.05) is 19.0 Å². The molecule has 0 spiro atoms. The Hall–Kier alpha value is -1.49. The number of aromatic nitrogens is 1. The predicted octanol–water partition coefficient (Wildman–Crippen LogP) is 0.902. The van der Waals surface area contributed by atoms with Crippen LogP contribution in [-0.2, 0) is 0 Å². The highest BCUT2D eigenvalue weighted by molar-refractivity contribution is 5.92. The molecule has 0 saturated heterocycles. The molecule has 0 radical (unpaired) electrons. The van der Waals surface area contributed by atoms with Crippen molar-refractivity contribution < 1.29 is 9.18 Å². The number of hydrogen-bond donors (Lipinski definition) is 1. The molecule has 0 aromatic carbocycles. The Morgan fingerprint density at radius 1 is 1.50 bits per heavy atom. The van der Waals surface area contributed by atoms with Crippen molar-refractivity contribution in [3.63, 3.8) is 0 Å². The molecule has 88 valence electrons. The minimum atomic E-state index is -0.638. The third-order valence-electron chi connectivity index (χ3n) is 2.02. The lowest BCUT2D eigenvalue weighted by molar-refractivity contribution is 0.0946. The highest BCUT2D eigenvalue weighted by Gasteiger charge is 2.06. The van der Waals surface area contributed by atoms with Gasteiger partial charge in [0.05, 0.1) is 0 Å². The Balaban J connectivity index is 2.35. The van der Waals surface area contributed by atoms with Crippen LogP contribution in [0.1, 0.15) is 16.9 Å². The van der Waals surface area contributed by atoms with E-state index in [1.54, 1.807) is 0 Å². The zero-order valence-electron chi connectivity index (χ0n) is 9.53. The van der Waals surface area contributed by atoms with Gasteiger partial charge in [-0.25, -0.2) is 4.98 Å². The molecule has 0 unspecified atom stereocenters. The molecule has 1 aromatic rings. The molecule has 4 nitrogen and oxygen atoms in total.